The smallest absolute Gasteiger partial charge is 0.329 e. The monoisotopic (exact) mass is 262 g/mol. The van der Waals surface area contributed by atoms with Gasteiger partial charge in [0.2, 0.25) is 0 Å². The van der Waals surface area contributed by atoms with E-state index in [2.05, 4.69) is 10.1 Å². The number of carbonyl (C=O) groups is 2. The topological polar surface area (TPSA) is 88.4 Å². The lowest BCUT2D eigenvalue weighted by Crippen LogP contribution is -2.41. The van der Waals surface area contributed by atoms with Crippen LogP contribution in [-0.4, -0.2) is 31.1 Å². The van der Waals surface area contributed by atoms with Crippen LogP contribution in [0.2, 0.25) is 0 Å². The van der Waals surface area contributed by atoms with Gasteiger partial charge in [-0.3, -0.25) is 4.79 Å². The van der Waals surface area contributed by atoms with Gasteiger partial charge in [-0.25, -0.2) is 4.79 Å². The zero-order valence-electron chi connectivity index (χ0n) is 10.5. The lowest BCUT2D eigenvalue weighted by atomic mass is 10.3. The Bertz CT molecular complexity index is 467. The van der Waals surface area contributed by atoms with Crippen LogP contribution in [-0.2, 0) is 14.3 Å². The third-order valence-corrected chi connectivity index (χ3v) is 2.12. The molecule has 0 fully saturated rings. The number of benzene rings is 1. The molecule has 0 aliphatic carbocycles. The molecule has 0 unspecified atom stereocenters. The van der Waals surface area contributed by atoms with Gasteiger partial charge in [0.25, 0.3) is 5.91 Å². The standard InChI is InChI=1S/C13H14N2O4/c1-10(13(17)18-8-7-14)15-12(16)9-19-11-5-3-2-4-6-11/h2-6,10H,8-9H2,1H3,(H,15,16)/t10-/m0/s1. The van der Waals surface area contributed by atoms with Crippen molar-refractivity contribution in [1.82, 2.24) is 5.32 Å². The van der Waals surface area contributed by atoms with Crippen molar-refractivity contribution < 1.29 is 19.1 Å². The van der Waals surface area contributed by atoms with E-state index >= 15 is 0 Å². The van der Waals surface area contributed by atoms with E-state index in [1.165, 1.54) is 6.92 Å². The Morgan fingerprint density at radius 2 is 2.05 bits per heavy atom. The Hall–Kier alpha value is -2.55. The molecule has 100 valence electrons. The SMILES string of the molecule is C[C@H](NC(=O)COc1ccccc1)C(=O)OCC#N. The van der Waals surface area contributed by atoms with E-state index in [9.17, 15) is 9.59 Å². The third kappa shape index (κ3) is 5.55. The molecule has 6 heteroatoms. The number of hydrogen-bond donors (Lipinski definition) is 1. The van der Waals surface area contributed by atoms with Crippen LogP contribution in [0.5, 0.6) is 5.75 Å². The predicted molar refractivity (Wildman–Crippen MR) is 66.1 cm³/mol. The maximum atomic E-state index is 11.5. The van der Waals surface area contributed by atoms with E-state index in [0.717, 1.165) is 0 Å². The summed E-state index contributed by atoms with van der Waals surface area (Å²) in [6, 6.07) is 9.70. The molecular weight excluding hydrogens is 248 g/mol. The van der Waals surface area contributed by atoms with Crippen molar-refractivity contribution in [2.45, 2.75) is 13.0 Å². The molecule has 1 aromatic carbocycles. The predicted octanol–water partition coefficient (Wildman–Crippen LogP) is 0.637. The highest BCUT2D eigenvalue weighted by molar-refractivity contribution is 5.84. The first-order chi connectivity index (χ1) is 9.13. The van der Waals surface area contributed by atoms with E-state index in [4.69, 9.17) is 10.00 Å². The van der Waals surface area contributed by atoms with E-state index in [1.54, 1.807) is 30.3 Å². The first-order valence-corrected chi connectivity index (χ1v) is 5.64. The number of rotatable bonds is 6. The van der Waals surface area contributed by atoms with E-state index in [-0.39, 0.29) is 13.2 Å². The molecule has 0 heterocycles. The van der Waals surface area contributed by atoms with Crippen LogP contribution in [0.3, 0.4) is 0 Å². The molecule has 0 aliphatic rings. The molecule has 1 aromatic rings. The molecule has 6 nitrogen and oxygen atoms in total. The molecule has 0 spiro atoms. The number of para-hydroxylation sites is 1. The summed E-state index contributed by atoms with van der Waals surface area (Å²) in [5.41, 5.74) is 0. The Morgan fingerprint density at radius 1 is 1.37 bits per heavy atom. The van der Waals surface area contributed by atoms with Crippen molar-refractivity contribution >= 4 is 11.9 Å². The van der Waals surface area contributed by atoms with Gasteiger partial charge in [0.1, 0.15) is 17.9 Å². The van der Waals surface area contributed by atoms with Crippen LogP contribution in [0, 0.1) is 11.3 Å². The van der Waals surface area contributed by atoms with Crippen LogP contribution in [0.1, 0.15) is 6.92 Å². The third-order valence-electron chi connectivity index (χ3n) is 2.12. The largest absolute Gasteiger partial charge is 0.484 e. The van der Waals surface area contributed by atoms with E-state index in [0.29, 0.717) is 5.75 Å². The minimum atomic E-state index is -0.819. The highest BCUT2D eigenvalue weighted by Crippen LogP contribution is 2.07. The van der Waals surface area contributed by atoms with E-state index < -0.39 is 17.9 Å². The lowest BCUT2D eigenvalue weighted by Gasteiger charge is -2.12. The number of esters is 1. The van der Waals surface area contributed by atoms with Gasteiger partial charge in [-0.2, -0.15) is 5.26 Å². The van der Waals surface area contributed by atoms with Crippen molar-refractivity contribution in [2.75, 3.05) is 13.2 Å². The summed E-state index contributed by atoms with van der Waals surface area (Å²) >= 11 is 0. The summed E-state index contributed by atoms with van der Waals surface area (Å²) in [5.74, 6) is -0.530. The minimum Gasteiger partial charge on any atom is -0.484 e. The second-order valence-corrected chi connectivity index (χ2v) is 3.66. The van der Waals surface area contributed by atoms with Gasteiger partial charge in [0.05, 0.1) is 0 Å². The molecule has 1 N–H and O–H groups in total. The second-order valence-electron chi connectivity index (χ2n) is 3.66. The fraction of sp³-hybridized carbons (Fsp3) is 0.308. The van der Waals surface area contributed by atoms with Gasteiger partial charge in [-0.05, 0) is 19.1 Å². The first-order valence-electron chi connectivity index (χ1n) is 5.64. The van der Waals surface area contributed by atoms with Crippen molar-refractivity contribution in [3.8, 4) is 11.8 Å². The number of ether oxygens (including phenoxy) is 2. The number of nitriles is 1. The molecule has 0 saturated heterocycles. The average Bonchev–Trinajstić information content (AvgIpc) is 2.43. The summed E-state index contributed by atoms with van der Waals surface area (Å²) in [5, 5.41) is 10.7. The van der Waals surface area contributed by atoms with Crippen molar-refractivity contribution in [1.29, 1.82) is 5.26 Å². The molecule has 0 bridgehead atoms. The lowest BCUT2D eigenvalue weighted by molar-refractivity contribution is -0.146. The molecule has 1 amide bonds. The second kappa shape index (κ2) is 7.71. The Balaban J connectivity index is 2.31. The van der Waals surface area contributed by atoms with Gasteiger partial charge in [0.15, 0.2) is 13.2 Å². The zero-order chi connectivity index (χ0) is 14.1. The highest BCUT2D eigenvalue weighted by Gasteiger charge is 2.16. The van der Waals surface area contributed by atoms with Gasteiger partial charge in [0, 0.05) is 0 Å². The summed E-state index contributed by atoms with van der Waals surface area (Å²) in [6.45, 7) is 0.944. The Morgan fingerprint density at radius 3 is 2.68 bits per heavy atom. The molecule has 0 aromatic heterocycles. The summed E-state index contributed by atoms with van der Waals surface area (Å²) in [7, 11) is 0. The van der Waals surface area contributed by atoms with Crippen molar-refractivity contribution in [3.05, 3.63) is 30.3 Å². The highest BCUT2D eigenvalue weighted by atomic mass is 16.5. The molecule has 1 rings (SSSR count). The number of hydrogen-bond acceptors (Lipinski definition) is 5. The van der Waals surface area contributed by atoms with Crippen LogP contribution >= 0.6 is 0 Å². The summed E-state index contributed by atoms with van der Waals surface area (Å²) in [6.07, 6.45) is 0. The summed E-state index contributed by atoms with van der Waals surface area (Å²) in [4.78, 5) is 22.8. The fourth-order valence-electron chi connectivity index (χ4n) is 1.24. The fourth-order valence-corrected chi connectivity index (χ4v) is 1.24. The molecule has 0 saturated carbocycles. The van der Waals surface area contributed by atoms with Gasteiger partial charge in [-0.15, -0.1) is 0 Å². The number of nitrogens with one attached hydrogen (secondary N) is 1. The van der Waals surface area contributed by atoms with Gasteiger partial charge >= 0.3 is 5.97 Å². The van der Waals surface area contributed by atoms with Crippen LogP contribution < -0.4 is 10.1 Å². The van der Waals surface area contributed by atoms with Gasteiger partial charge < -0.3 is 14.8 Å². The quantitative estimate of drug-likeness (QED) is 0.760. The summed E-state index contributed by atoms with van der Waals surface area (Å²) < 4.78 is 9.77. The Labute approximate surface area is 110 Å². The van der Waals surface area contributed by atoms with Crippen LogP contribution in [0.15, 0.2) is 30.3 Å². The molecule has 0 radical (unpaired) electrons. The number of carbonyl (C=O) groups excluding carboxylic acids is 2. The van der Waals surface area contributed by atoms with Crippen LogP contribution in [0.25, 0.3) is 0 Å². The number of nitrogens with zero attached hydrogens (tertiary/aromatic N) is 1. The number of amides is 1. The van der Waals surface area contributed by atoms with Crippen molar-refractivity contribution in [3.63, 3.8) is 0 Å². The normalized spacial score (nSPS) is 10.9. The average molecular weight is 262 g/mol. The zero-order valence-corrected chi connectivity index (χ0v) is 10.5. The van der Waals surface area contributed by atoms with Crippen molar-refractivity contribution in [2.24, 2.45) is 0 Å². The maximum absolute atomic E-state index is 11.5. The maximum Gasteiger partial charge on any atom is 0.329 e. The van der Waals surface area contributed by atoms with E-state index in [1.807, 2.05) is 6.07 Å². The first kappa shape index (κ1) is 14.5. The molecular formula is C13H14N2O4. The molecule has 0 aliphatic heterocycles. The van der Waals surface area contributed by atoms with Crippen LogP contribution in [0.4, 0.5) is 0 Å². The van der Waals surface area contributed by atoms with Gasteiger partial charge in [-0.1, -0.05) is 18.2 Å². The Kier molecular flexibility index (Phi) is 5.89. The minimum absolute atomic E-state index is 0.195. The molecule has 19 heavy (non-hydrogen) atoms. The molecule has 1 atom stereocenters.